The number of phenolic OH excluding ortho intramolecular Hbond substituents is 1. The van der Waals surface area contributed by atoms with Crippen molar-refractivity contribution in [3.63, 3.8) is 0 Å². The van der Waals surface area contributed by atoms with Gasteiger partial charge in [-0.15, -0.1) is 0 Å². The van der Waals surface area contributed by atoms with Gasteiger partial charge in [-0.3, -0.25) is 4.98 Å². The van der Waals surface area contributed by atoms with Crippen LogP contribution in [0.15, 0.2) is 30.5 Å². The number of rotatable bonds is 5. The number of phenols is 1. The number of unbranched alkanes of at least 4 members (excludes halogenated alkanes) is 1. The van der Waals surface area contributed by atoms with E-state index in [-0.39, 0.29) is 0 Å². The van der Waals surface area contributed by atoms with Gasteiger partial charge in [-0.1, -0.05) is 0 Å². The lowest BCUT2D eigenvalue weighted by molar-refractivity contribution is 0.0220. The number of aromatic hydroxyl groups is 1. The molecule has 1 unspecified atom stereocenters. The van der Waals surface area contributed by atoms with Gasteiger partial charge in [0.15, 0.2) is 0 Å². The fraction of sp³-hybridized carbons (Fsp3) is 0.450. The molecule has 0 spiro atoms. The normalized spacial score (nSPS) is 18.2. The summed E-state index contributed by atoms with van der Waals surface area (Å²) in [5.74, 6) is 0.309. The molecule has 25 heavy (non-hydrogen) atoms. The Morgan fingerprint density at radius 1 is 1.28 bits per heavy atom. The second-order valence-electron chi connectivity index (χ2n) is 6.84. The molecule has 3 aromatic rings. The standard InChI is InChI=1S/C20H25N3O2/c1-14-20-18(7-8-22-14)17-6-5-15(24)12-19(17)23(20)10-3-2-4-16-13-21-9-11-25-16/h5-8,12,16,21,24H,2-4,9-11,13H2,1H3. The summed E-state index contributed by atoms with van der Waals surface area (Å²) in [6, 6.07) is 7.70. The number of nitrogens with one attached hydrogen (secondary N) is 1. The molecule has 1 aliphatic heterocycles. The van der Waals surface area contributed by atoms with Gasteiger partial charge in [0.05, 0.1) is 29.4 Å². The zero-order valence-electron chi connectivity index (χ0n) is 14.7. The maximum Gasteiger partial charge on any atom is 0.117 e. The molecule has 1 saturated heterocycles. The Hall–Kier alpha value is -2.11. The molecule has 0 radical (unpaired) electrons. The van der Waals surface area contributed by atoms with Crippen molar-refractivity contribution >= 4 is 21.8 Å². The molecule has 4 rings (SSSR count). The van der Waals surface area contributed by atoms with Crippen LogP contribution in [0.1, 0.15) is 25.0 Å². The van der Waals surface area contributed by atoms with Crippen molar-refractivity contribution in [2.75, 3.05) is 19.7 Å². The summed E-state index contributed by atoms with van der Waals surface area (Å²) in [5, 5.41) is 15.7. The van der Waals surface area contributed by atoms with E-state index < -0.39 is 0 Å². The minimum Gasteiger partial charge on any atom is -0.508 e. The van der Waals surface area contributed by atoms with Crippen molar-refractivity contribution in [3.8, 4) is 5.75 Å². The van der Waals surface area contributed by atoms with Gasteiger partial charge in [0.1, 0.15) is 5.75 Å². The number of hydrogen-bond acceptors (Lipinski definition) is 4. The van der Waals surface area contributed by atoms with Gasteiger partial charge in [-0.05, 0) is 44.4 Å². The summed E-state index contributed by atoms with van der Waals surface area (Å²) in [6.45, 7) is 5.73. The van der Waals surface area contributed by atoms with Crippen LogP contribution >= 0.6 is 0 Å². The lowest BCUT2D eigenvalue weighted by atomic mass is 10.1. The van der Waals surface area contributed by atoms with Gasteiger partial charge in [-0.25, -0.2) is 0 Å². The molecular formula is C20H25N3O2. The Balaban J connectivity index is 1.57. The van der Waals surface area contributed by atoms with Gasteiger partial charge < -0.3 is 19.7 Å². The zero-order valence-corrected chi connectivity index (χ0v) is 14.7. The molecular weight excluding hydrogens is 314 g/mol. The Morgan fingerprint density at radius 3 is 3.04 bits per heavy atom. The smallest absolute Gasteiger partial charge is 0.117 e. The van der Waals surface area contributed by atoms with Crippen molar-refractivity contribution in [2.24, 2.45) is 0 Å². The largest absolute Gasteiger partial charge is 0.508 e. The Bertz CT molecular complexity index is 881. The molecule has 132 valence electrons. The Morgan fingerprint density at radius 2 is 2.20 bits per heavy atom. The Kier molecular flexibility index (Phi) is 4.59. The van der Waals surface area contributed by atoms with Gasteiger partial charge >= 0.3 is 0 Å². The third-order valence-electron chi connectivity index (χ3n) is 5.10. The van der Waals surface area contributed by atoms with E-state index in [9.17, 15) is 5.11 Å². The monoisotopic (exact) mass is 339 g/mol. The van der Waals surface area contributed by atoms with Crippen LogP contribution in [0.4, 0.5) is 0 Å². The first kappa shape index (κ1) is 16.4. The molecule has 1 fully saturated rings. The second kappa shape index (κ2) is 7.02. The molecule has 2 N–H and O–H groups in total. The summed E-state index contributed by atoms with van der Waals surface area (Å²) in [7, 11) is 0. The first-order valence-electron chi connectivity index (χ1n) is 9.13. The van der Waals surface area contributed by atoms with Crippen LogP contribution in [0.2, 0.25) is 0 Å². The number of aromatic nitrogens is 2. The average Bonchev–Trinajstić information content (AvgIpc) is 2.94. The van der Waals surface area contributed by atoms with E-state index in [1.54, 1.807) is 6.07 Å². The molecule has 0 saturated carbocycles. The minimum atomic E-state index is 0.309. The van der Waals surface area contributed by atoms with Crippen molar-refractivity contribution in [2.45, 2.75) is 38.8 Å². The van der Waals surface area contributed by atoms with Crippen molar-refractivity contribution in [1.29, 1.82) is 0 Å². The first-order chi connectivity index (χ1) is 12.2. The predicted molar refractivity (Wildman–Crippen MR) is 100 cm³/mol. The van der Waals surface area contributed by atoms with Gasteiger partial charge in [0.2, 0.25) is 0 Å². The number of hydrogen-bond donors (Lipinski definition) is 2. The van der Waals surface area contributed by atoms with E-state index in [2.05, 4.69) is 27.9 Å². The molecule has 2 aromatic heterocycles. The molecule has 1 atom stereocenters. The summed E-state index contributed by atoms with van der Waals surface area (Å²) in [6.07, 6.45) is 5.52. The van der Waals surface area contributed by atoms with E-state index in [1.807, 2.05) is 18.3 Å². The van der Waals surface area contributed by atoms with Crippen molar-refractivity contribution in [3.05, 3.63) is 36.2 Å². The van der Waals surface area contributed by atoms with E-state index in [0.717, 1.165) is 56.7 Å². The predicted octanol–water partition coefficient (Wildman–Crippen LogP) is 3.36. The number of nitrogens with zero attached hydrogens (tertiary/aromatic N) is 2. The van der Waals surface area contributed by atoms with Crippen LogP contribution in [0, 0.1) is 6.92 Å². The van der Waals surface area contributed by atoms with Gasteiger partial charge in [-0.2, -0.15) is 0 Å². The minimum absolute atomic E-state index is 0.309. The van der Waals surface area contributed by atoms with E-state index in [0.29, 0.717) is 11.9 Å². The van der Waals surface area contributed by atoms with Crippen LogP contribution in [-0.4, -0.2) is 40.5 Å². The van der Waals surface area contributed by atoms with E-state index in [4.69, 9.17) is 4.74 Å². The highest BCUT2D eigenvalue weighted by atomic mass is 16.5. The van der Waals surface area contributed by atoms with Crippen LogP contribution < -0.4 is 5.32 Å². The highest BCUT2D eigenvalue weighted by molar-refractivity contribution is 6.08. The lowest BCUT2D eigenvalue weighted by Crippen LogP contribution is -2.38. The van der Waals surface area contributed by atoms with E-state index >= 15 is 0 Å². The fourth-order valence-corrected chi connectivity index (χ4v) is 3.89. The molecule has 1 aliphatic rings. The summed E-state index contributed by atoms with van der Waals surface area (Å²) in [5.41, 5.74) is 3.30. The fourth-order valence-electron chi connectivity index (χ4n) is 3.89. The number of aryl methyl sites for hydroxylation is 2. The van der Waals surface area contributed by atoms with Crippen LogP contribution in [0.5, 0.6) is 5.75 Å². The number of benzene rings is 1. The highest BCUT2D eigenvalue weighted by Crippen LogP contribution is 2.32. The quantitative estimate of drug-likeness (QED) is 0.700. The molecule has 0 bridgehead atoms. The average molecular weight is 339 g/mol. The lowest BCUT2D eigenvalue weighted by Gasteiger charge is -2.23. The second-order valence-corrected chi connectivity index (χ2v) is 6.84. The summed E-state index contributed by atoms with van der Waals surface area (Å²) < 4.78 is 8.09. The van der Waals surface area contributed by atoms with Crippen LogP contribution in [0.25, 0.3) is 21.8 Å². The maximum absolute atomic E-state index is 9.94. The molecule has 3 heterocycles. The molecule has 0 aliphatic carbocycles. The third kappa shape index (κ3) is 3.22. The Labute approximate surface area is 147 Å². The third-order valence-corrected chi connectivity index (χ3v) is 5.10. The number of ether oxygens (including phenoxy) is 1. The number of morpholine rings is 1. The van der Waals surface area contributed by atoms with Crippen molar-refractivity contribution in [1.82, 2.24) is 14.9 Å². The summed E-state index contributed by atoms with van der Waals surface area (Å²) >= 11 is 0. The topological polar surface area (TPSA) is 59.3 Å². The highest BCUT2D eigenvalue weighted by Gasteiger charge is 2.15. The number of fused-ring (bicyclic) bond motifs is 3. The molecule has 1 aromatic carbocycles. The van der Waals surface area contributed by atoms with E-state index in [1.165, 1.54) is 16.3 Å². The van der Waals surface area contributed by atoms with Crippen LogP contribution in [0.3, 0.4) is 0 Å². The molecule has 5 nitrogen and oxygen atoms in total. The molecule has 5 heteroatoms. The summed E-state index contributed by atoms with van der Waals surface area (Å²) in [4.78, 5) is 4.48. The number of pyridine rings is 1. The van der Waals surface area contributed by atoms with Crippen molar-refractivity contribution < 1.29 is 9.84 Å². The first-order valence-corrected chi connectivity index (χ1v) is 9.13. The van der Waals surface area contributed by atoms with Crippen LogP contribution in [-0.2, 0) is 11.3 Å². The maximum atomic E-state index is 9.94. The zero-order chi connectivity index (χ0) is 17.2. The molecule has 0 amide bonds. The van der Waals surface area contributed by atoms with Gasteiger partial charge in [0, 0.05) is 42.7 Å². The van der Waals surface area contributed by atoms with Gasteiger partial charge in [0.25, 0.3) is 0 Å². The SMILES string of the molecule is Cc1nccc2c3ccc(O)cc3n(CCCCC3CNCCO3)c12.